The van der Waals surface area contributed by atoms with Crippen LogP contribution in [-0.4, -0.2) is 23.8 Å². The number of ether oxygens (including phenoxy) is 2. The van der Waals surface area contributed by atoms with Gasteiger partial charge in [0.1, 0.15) is 5.75 Å². The molecule has 2 rings (SSSR count). The molecule has 1 aromatic rings. The van der Waals surface area contributed by atoms with Crippen LogP contribution in [0, 0.1) is 11.8 Å². The fourth-order valence-corrected chi connectivity index (χ4v) is 3.05. The molecule has 4 nitrogen and oxygen atoms in total. The minimum atomic E-state index is -0.0670. The van der Waals surface area contributed by atoms with E-state index in [-0.39, 0.29) is 18.2 Å². The van der Waals surface area contributed by atoms with Crippen molar-refractivity contribution >= 4 is 0 Å². The Morgan fingerprint density at radius 3 is 2.65 bits per heavy atom. The molecule has 5 unspecified atom stereocenters. The summed E-state index contributed by atoms with van der Waals surface area (Å²) >= 11 is 0. The Balaban J connectivity index is 2.14. The molecule has 20 heavy (non-hydrogen) atoms. The maximum atomic E-state index is 6.47. The second-order valence-electron chi connectivity index (χ2n) is 5.81. The largest absolute Gasteiger partial charge is 0.492 e. The molecular formula is C16H26N2O2. The first-order valence-electron chi connectivity index (χ1n) is 7.53. The molecule has 1 saturated heterocycles. The van der Waals surface area contributed by atoms with Gasteiger partial charge in [-0.25, -0.2) is 0 Å². The van der Waals surface area contributed by atoms with Crippen molar-refractivity contribution in [2.75, 3.05) is 6.61 Å². The zero-order chi connectivity index (χ0) is 14.7. The predicted octanol–water partition coefficient (Wildman–Crippen LogP) is 2.93. The summed E-state index contributed by atoms with van der Waals surface area (Å²) in [6.45, 7) is 9.23. The Bertz CT molecular complexity index is 438. The predicted molar refractivity (Wildman–Crippen MR) is 79.6 cm³/mol. The summed E-state index contributed by atoms with van der Waals surface area (Å²) in [5.74, 6) is 1.56. The van der Waals surface area contributed by atoms with Crippen molar-refractivity contribution in [2.24, 2.45) is 17.6 Å². The van der Waals surface area contributed by atoms with Crippen LogP contribution >= 0.6 is 0 Å². The van der Waals surface area contributed by atoms with Crippen molar-refractivity contribution < 1.29 is 9.47 Å². The van der Waals surface area contributed by atoms with Gasteiger partial charge < -0.3 is 15.2 Å². The van der Waals surface area contributed by atoms with Gasteiger partial charge in [0.2, 0.25) is 0 Å². The molecule has 0 amide bonds. The molecule has 112 valence electrons. The molecule has 1 aliphatic heterocycles. The minimum Gasteiger partial charge on any atom is -0.492 e. The normalized spacial score (nSPS) is 31.2. The Labute approximate surface area is 121 Å². The number of nitrogens with two attached hydrogens (primary N) is 1. The molecule has 1 aliphatic rings. The molecule has 4 heteroatoms. The Morgan fingerprint density at radius 2 is 2.05 bits per heavy atom. The lowest BCUT2D eigenvalue weighted by molar-refractivity contribution is 0.0489. The van der Waals surface area contributed by atoms with Crippen LogP contribution in [0.25, 0.3) is 0 Å². The van der Waals surface area contributed by atoms with E-state index >= 15 is 0 Å². The number of rotatable bonds is 5. The van der Waals surface area contributed by atoms with Crippen molar-refractivity contribution in [3.8, 4) is 5.75 Å². The molecule has 0 saturated carbocycles. The molecule has 0 aliphatic carbocycles. The minimum absolute atomic E-state index is 0.0670. The summed E-state index contributed by atoms with van der Waals surface area (Å²) in [5.41, 5.74) is 7.49. The summed E-state index contributed by atoms with van der Waals surface area (Å²) in [5, 5.41) is 0. The molecule has 0 radical (unpaired) electrons. The van der Waals surface area contributed by atoms with Crippen molar-refractivity contribution in [3.63, 3.8) is 0 Å². The standard InChI is InChI=1S/C16H26N2O2/c1-5-6-19-14-7-13(8-18-9-14)16(17)15-10(2)11(3)20-12(15)4/h7-12,15-16H,5-6,17H2,1-4H3. The SMILES string of the molecule is CCCOc1cncc(C(N)C2C(C)OC(C)C2C)c1. The molecule has 0 aromatic carbocycles. The van der Waals surface area contributed by atoms with Crippen molar-refractivity contribution in [1.82, 2.24) is 4.98 Å². The van der Waals surface area contributed by atoms with Gasteiger partial charge >= 0.3 is 0 Å². The lowest BCUT2D eigenvalue weighted by atomic mass is 9.81. The highest BCUT2D eigenvalue weighted by Gasteiger charge is 2.40. The Morgan fingerprint density at radius 1 is 1.30 bits per heavy atom. The topological polar surface area (TPSA) is 57.4 Å². The second-order valence-corrected chi connectivity index (χ2v) is 5.81. The van der Waals surface area contributed by atoms with Crippen molar-refractivity contribution in [1.29, 1.82) is 0 Å². The van der Waals surface area contributed by atoms with Gasteiger partial charge in [-0.3, -0.25) is 4.98 Å². The van der Waals surface area contributed by atoms with E-state index in [1.807, 2.05) is 12.3 Å². The number of nitrogens with zero attached hydrogens (tertiary/aromatic N) is 1. The van der Waals surface area contributed by atoms with Crippen molar-refractivity contribution in [2.45, 2.75) is 52.4 Å². The van der Waals surface area contributed by atoms with Crippen LogP contribution in [0.3, 0.4) is 0 Å². The van der Waals surface area contributed by atoms with E-state index in [1.54, 1.807) is 6.20 Å². The molecular weight excluding hydrogens is 252 g/mol. The van der Waals surface area contributed by atoms with E-state index in [0.29, 0.717) is 18.4 Å². The summed E-state index contributed by atoms with van der Waals surface area (Å²) in [7, 11) is 0. The summed E-state index contributed by atoms with van der Waals surface area (Å²) in [6.07, 6.45) is 5.00. The highest BCUT2D eigenvalue weighted by atomic mass is 16.5. The number of hydrogen-bond acceptors (Lipinski definition) is 4. The van der Waals surface area contributed by atoms with Gasteiger partial charge in [-0.15, -0.1) is 0 Å². The van der Waals surface area contributed by atoms with Crippen LogP contribution in [0.2, 0.25) is 0 Å². The average molecular weight is 278 g/mol. The van der Waals surface area contributed by atoms with E-state index in [0.717, 1.165) is 17.7 Å². The highest BCUT2D eigenvalue weighted by Crippen LogP contribution is 2.39. The molecule has 5 atom stereocenters. The zero-order valence-electron chi connectivity index (χ0n) is 12.9. The van der Waals surface area contributed by atoms with Crippen LogP contribution < -0.4 is 10.5 Å². The molecule has 0 spiro atoms. The van der Waals surface area contributed by atoms with Crippen molar-refractivity contribution in [3.05, 3.63) is 24.0 Å². The Kier molecular flexibility index (Phi) is 5.00. The third-order valence-corrected chi connectivity index (χ3v) is 4.33. The fraction of sp³-hybridized carbons (Fsp3) is 0.688. The monoisotopic (exact) mass is 278 g/mol. The molecule has 1 aromatic heterocycles. The maximum Gasteiger partial charge on any atom is 0.137 e. The van der Waals surface area contributed by atoms with E-state index in [9.17, 15) is 0 Å². The molecule has 0 bridgehead atoms. The number of hydrogen-bond donors (Lipinski definition) is 1. The van der Waals surface area contributed by atoms with Gasteiger partial charge in [0.25, 0.3) is 0 Å². The first-order valence-corrected chi connectivity index (χ1v) is 7.53. The second kappa shape index (κ2) is 6.55. The van der Waals surface area contributed by atoms with E-state index in [1.165, 1.54) is 0 Å². The quantitative estimate of drug-likeness (QED) is 0.899. The number of pyridine rings is 1. The van der Waals surface area contributed by atoms with Gasteiger partial charge in [0.15, 0.2) is 0 Å². The highest BCUT2D eigenvalue weighted by molar-refractivity contribution is 5.27. The molecule has 2 N–H and O–H groups in total. The maximum absolute atomic E-state index is 6.47. The first-order chi connectivity index (χ1) is 9.54. The molecule has 2 heterocycles. The Hall–Kier alpha value is -1.13. The lowest BCUT2D eigenvalue weighted by Gasteiger charge is -2.26. The van der Waals surface area contributed by atoms with E-state index in [2.05, 4.69) is 32.7 Å². The van der Waals surface area contributed by atoms with Crippen LogP contribution in [0.15, 0.2) is 18.5 Å². The molecule has 1 fully saturated rings. The van der Waals surface area contributed by atoms with Crippen LogP contribution in [0.1, 0.15) is 45.7 Å². The third-order valence-electron chi connectivity index (χ3n) is 4.33. The summed E-state index contributed by atoms with van der Waals surface area (Å²) in [6, 6.07) is 1.94. The number of aromatic nitrogens is 1. The average Bonchev–Trinajstić information content (AvgIpc) is 2.69. The van der Waals surface area contributed by atoms with Crippen LogP contribution in [-0.2, 0) is 4.74 Å². The zero-order valence-corrected chi connectivity index (χ0v) is 12.9. The van der Waals surface area contributed by atoms with Crippen LogP contribution in [0.5, 0.6) is 5.75 Å². The fourth-order valence-electron chi connectivity index (χ4n) is 3.05. The smallest absolute Gasteiger partial charge is 0.137 e. The first kappa shape index (κ1) is 15.3. The van der Waals surface area contributed by atoms with Gasteiger partial charge in [0, 0.05) is 18.2 Å². The van der Waals surface area contributed by atoms with E-state index < -0.39 is 0 Å². The third kappa shape index (κ3) is 3.13. The summed E-state index contributed by atoms with van der Waals surface area (Å²) in [4.78, 5) is 4.25. The lowest BCUT2D eigenvalue weighted by Crippen LogP contribution is -2.30. The van der Waals surface area contributed by atoms with Gasteiger partial charge in [-0.05, 0) is 37.8 Å². The van der Waals surface area contributed by atoms with Gasteiger partial charge in [-0.1, -0.05) is 13.8 Å². The summed E-state index contributed by atoms with van der Waals surface area (Å²) < 4.78 is 11.5. The van der Waals surface area contributed by atoms with Gasteiger partial charge in [0.05, 0.1) is 25.0 Å². The van der Waals surface area contributed by atoms with Crippen LogP contribution in [0.4, 0.5) is 0 Å². The van der Waals surface area contributed by atoms with E-state index in [4.69, 9.17) is 15.2 Å². The van der Waals surface area contributed by atoms with Gasteiger partial charge in [-0.2, -0.15) is 0 Å².